The number of nitrogens with zero attached hydrogens (tertiary/aromatic N) is 3. The minimum atomic E-state index is -2.43. The highest BCUT2D eigenvalue weighted by atomic mass is 31.2. The van der Waals surface area contributed by atoms with Gasteiger partial charge in [0.1, 0.15) is 7.14 Å². The second kappa shape index (κ2) is 14.5. The predicted molar refractivity (Wildman–Crippen MR) is 165 cm³/mol. The third-order valence-corrected chi connectivity index (χ3v) is 10.7. The van der Waals surface area contributed by atoms with Gasteiger partial charge in [-0.25, -0.2) is 4.99 Å². The fourth-order valence-electron chi connectivity index (χ4n) is 5.07. The van der Waals surface area contributed by atoms with Crippen LogP contribution in [0.4, 0.5) is 0 Å². The van der Waals surface area contributed by atoms with E-state index in [-0.39, 0.29) is 0 Å². The number of aliphatic imine (C=N–C) groups is 1. The third-order valence-electron chi connectivity index (χ3n) is 7.23. The van der Waals surface area contributed by atoms with Crippen molar-refractivity contribution in [2.45, 2.75) is 80.2 Å². The lowest BCUT2D eigenvalue weighted by molar-refractivity contribution is 0.413. The number of amidine groups is 1. The third kappa shape index (κ3) is 7.69. The van der Waals surface area contributed by atoms with Crippen LogP contribution in [0.1, 0.15) is 83.5 Å². The van der Waals surface area contributed by atoms with Crippen molar-refractivity contribution in [2.24, 2.45) is 4.99 Å². The molecule has 0 radical (unpaired) electrons. The smallest absolute Gasteiger partial charge is 0.152 e. The van der Waals surface area contributed by atoms with E-state index < -0.39 is 7.14 Å². The number of unbranched alkanes of at least 4 members (excludes halogenated alkanes) is 2. The van der Waals surface area contributed by atoms with E-state index >= 15 is 0 Å². The molecule has 0 saturated carbocycles. The van der Waals surface area contributed by atoms with Gasteiger partial charge in [-0.3, -0.25) is 4.98 Å². The zero-order valence-electron chi connectivity index (χ0n) is 24.4. The second-order valence-electron chi connectivity index (χ2n) is 10.5. The highest BCUT2D eigenvalue weighted by Crippen LogP contribution is 2.46. The number of pyridine rings is 1. The summed E-state index contributed by atoms with van der Waals surface area (Å²) < 4.78 is 14.1. The normalized spacial score (nSPS) is 17.2. The number of aryl methyl sites for hydroxylation is 1. The fourth-order valence-corrected chi connectivity index (χ4v) is 8.00. The van der Waals surface area contributed by atoms with Gasteiger partial charge in [-0.2, -0.15) is 0 Å². The second-order valence-corrected chi connectivity index (χ2v) is 13.7. The van der Waals surface area contributed by atoms with Gasteiger partial charge in [-0.15, -0.1) is 0 Å². The van der Waals surface area contributed by atoms with Gasteiger partial charge >= 0.3 is 0 Å². The molecule has 0 spiro atoms. The number of benzene rings is 1. The molecule has 0 bridgehead atoms. The largest absolute Gasteiger partial charge is 0.382 e. The molecule has 2 aromatic rings. The van der Waals surface area contributed by atoms with Crippen LogP contribution in [0, 0.1) is 6.92 Å². The first-order valence-electron chi connectivity index (χ1n) is 14.3. The average molecular weight is 535 g/mol. The average Bonchev–Trinajstić information content (AvgIpc) is 3.11. The van der Waals surface area contributed by atoms with E-state index in [1.807, 2.05) is 19.2 Å². The summed E-state index contributed by atoms with van der Waals surface area (Å²) in [4.78, 5) is 12.2. The van der Waals surface area contributed by atoms with Gasteiger partial charge in [0.25, 0.3) is 0 Å². The topological polar surface area (TPSA) is 57.6 Å². The summed E-state index contributed by atoms with van der Waals surface area (Å²) in [7, 11) is -2.43. The van der Waals surface area contributed by atoms with Crippen LogP contribution in [-0.4, -0.2) is 41.1 Å². The molecule has 3 rings (SSSR count). The Balaban J connectivity index is 2.04. The van der Waals surface area contributed by atoms with Crippen LogP contribution in [0.3, 0.4) is 0 Å². The van der Waals surface area contributed by atoms with E-state index in [2.05, 4.69) is 86.2 Å². The minimum Gasteiger partial charge on any atom is -0.382 e. The number of nitrogens with one attached hydrogen (secondary N) is 1. The molecule has 38 heavy (non-hydrogen) atoms. The molecule has 1 unspecified atom stereocenters. The van der Waals surface area contributed by atoms with Crippen molar-refractivity contribution in [3.8, 4) is 0 Å². The summed E-state index contributed by atoms with van der Waals surface area (Å²) in [5, 5.41) is 4.64. The Morgan fingerprint density at radius 3 is 2.63 bits per heavy atom. The van der Waals surface area contributed by atoms with Crippen molar-refractivity contribution < 1.29 is 4.57 Å². The highest BCUT2D eigenvalue weighted by Gasteiger charge is 2.25. The molecule has 1 aliphatic heterocycles. The summed E-state index contributed by atoms with van der Waals surface area (Å²) in [6.07, 6.45) is 10.8. The minimum absolute atomic E-state index is 0.761. The molecule has 1 aromatic heterocycles. The molecular formula is C32H47N4OP. The van der Waals surface area contributed by atoms with E-state index in [4.69, 9.17) is 4.99 Å². The maximum Gasteiger partial charge on any atom is 0.152 e. The first-order chi connectivity index (χ1) is 18.3. The molecule has 1 saturated heterocycles. The summed E-state index contributed by atoms with van der Waals surface area (Å²) in [6.45, 7) is 15.3. The fraction of sp³-hybridized carbons (Fsp3) is 0.500. The van der Waals surface area contributed by atoms with Crippen molar-refractivity contribution >= 4 is 24.0 Å². The van der Waals surface area contributed by atoms with E-state index in [1.165, 1.54) is 11.1 Å². The molecule has 1 aromatic carbocycles. The highest BCUT2D eigenvalue weighted by molar-refractivity contribution is 7.71. The van der Waals surface area contributed by atoms with Crippen LogP contribution in [0.15, 0.2) is 64.9 Å². The number of allylic oxidation sites excluding steroid dienone is 2. The van der Waals surface area contributed by atoms with E-state index in [1.54, 1.807) is 0 Å². The molecule has 1 fully saturated rings. The Hall–Kier alpha value is -2.65. The van der Waals surface area contributed by atoms with Gasteiger partial charge in [0, 0.05) is 54.7 Å². The Kier molecular flexibility index (Phi) is 11.4. The lowest BCUT2D eigenvalue weighted by Crippen LogP contribution is -2.34. The standard InChI is InChI=1S/C32H47N4OP/c1-7-10-11-22-38(37,21-8-2)29-17-12-15-27(23-29)30(9-3)35-32-31(25(4)5)34-19-14-20-36(32)24-28-16-13-18-33-26(28)6/h9,12-13,15-18,23,34H,7-8,10-11,14,19-22,24H2,1-6H3/b30-9-,35-32?. The van der Waals surface area contributed by atoms with Gasteiger partial charge in [0.15, 0.2) is 5.84 Å². The molecule has 1 atom stereocenters. The SMILES string of the molecule is C/C=C(\N=C1C(=C(C)C)NCCCN1Cc1cccnc1C)c1cccc(P(=O)(CCC)CCCCC)c1. The van der Waals surface area contributed by atoms with Gasteiger partial charge in [0.2, 0.25) is 0 Å². The summed E-state index contributed by atoms with van der Waals surface area (Å²) in [5.74, 6) is 0.962. The maximum atomic E-state index is 14.1. The Morgan fingerprint density at radius 1 is 1.13 bits per heavy atom. The van der Waals surface area contributed by atoms with Gasteiger partial charge in [-0.1, -0.05) is 57.0 Å². The number of rotatable bonds is 11. The van der Waals surface area contributed by atoms with E-state index in [0.717, 1.165) is 97.9 Å². The Labute approximate surface area is 230 Å². The molecule has 0 amide bonds. The molecule has 206 valence electrons. The van der Waals surface area contributed by atoms with Crippen LogP contribution < -0.4 is 10.6 Å². The van der Waals surface area contributed by atoms with Gasteiger partial charge in [0.05, 0.1) is 11.4 Å². The van der Waals surface area contributed by atoms with Crippen LogP contribution in [0.25, 0.3) is 5.70 Å². The molecule has 5 nitrogen and oxygen atoms in total. The zero-order chi connectivity index (χ0) is 27.5. The molecule has 2 heterocycles. The number of hydrogen-bond donors (Lipinski definition) is 1. The van der Waals surface area contributed by atoms with Crippen molar-refractivity contribution in [1.82, 2.24) is 15.2 Å². The van der Waals surface area contributed by atoms with Crippen molar-refractivity contribution in [3.05, 3.63) is 76.8 Å². The molecular weight excluding hydrogens is 487 g/mol. The van der Waals surface area contributed by atoms with Crippen LogP contribution >= 0.6 is 7.14 Å². The van der Waals surface area contributed by atoms with Crippen LogP contribution in [0.5, 0.6) is 0 Å². The van der Waals surface area contributed by atoms with E-state index in [9.17, 15) is 4.57 Å². The number of hydrogen-bond acceptors (Lipinski definition) is 4. The van der Waals surface area contributed by atoms with Gasteiger partial charge in [-0.05, 0) is 70.2 Å². The Bertz CT molecular complexity index is 1210. The molecule has 0 aliphatic carbocycles. The summed E-state index contributed by atoms with van der Waals surface area (Å²) >= 11 is 0. The summed E-state index contributed by atoms with van der Waals surface area (Å²) in [5.41, 5.74) is 6.51. The lowest BCUT2D eigenvalue weighted by atomic mass is 10.1. The Morgan fingerprint density at radius 2 is 1.95 bits per heavy atom. The first kappa shape index (κ1) is 29.9. The molecule has 1 N–H and O–H groups in total. The van der Waals surface area contributed by atoms with E-state index in [0.29, 0.717) is 0 Å². The first-order valence-corrected chi connectivity index (χ1v) is 16.4. The zero-order valence-corrected chi connectivity index (χ0v) is 25.3. The van der Waals surface area contributed by atoms with Crippen molar-refractivity contribution in [2.75, 3.05) is 25.4 Å². The molecule has 6 heteroatoms. The maximum absolute atomic E-state index is 14.1. The summed E-state index contributed by atoms with van der Waals surface area (Å²) in [6, 6.07) is 12.5. The van der Waals surface area contributed by atoms with Crippen LogP contribution in [0.2, 0.25) is 0 Å². The number of aromatic nitrogens is 1. The van der Waals surface area contributed by atoms with Crippen LogP contribution in [-0.2, 0) is 11.1 Å². The molecule has 1 aliphatic rings. The monoisotopic (exact) mass is 534 g/mol. The van der Waals surface area contributed by atoms with Gasteiger partial charge < -0.3 is 14.8 Å². The quantitative estimate of drug-likeness (QED) is 0.239. The lowest BCUT2D eigenvalue weighted by Gasteiger charge is -2.27. The predicted octanol–water partition coefficient (Wildman–Crippen LogP) is 7.53. The van der Waals surface area contributed by atoms with Crippen molar-refractivity contribution in [3.63, 3.8) is 0 Å². The van der Waals surface area contributed by atoms with Crippen molar-refractivity contribution in [1.29, 1.82) is 0 Å².